The van der Waals surface area contributed by atoms with Crippen molar-refractivity contribution in [3.05, 3.63) is 58.9 Å². The van der Waals surface area contributed by atoms with E-state index >= 15 is 0 Å². The minimum absolute atomic E-state index is 0.106. The number of aryl methyl sites for hydroxylation is 1. The molecule has 9 heteroatoms. The second-order valence-electron chi connectivity index (χ2n) is 9.54. The Hall–Kier alpha value is -2.33. The molecule has 2 saturated heterocycles. The summed E-state index contributed by atoms with van der Waals surface area (Å²) >= 11 is 0. The van der Waals surface area contributed by atoms with Gasteiger partial charge in [-0.15, -0.1) is 0 Å². The van der Waals surface area contributed by atoms with Crippen molar-refractivity contribution < 1.29 is 17.5 Å². The highest BCUT2D eigenvalue weighted by molar-refractivity contribution is 7.89. The topological polar surface area (TPSA) is 85.7 Å². The molecule has 0 unspecified atom stereocenters. The van der Waals surface area contributed by atoms with Crippen molar-refractivity contribution >= 4 is 27.6 Å². The Morgan fingerprint density at radius 3 is 2.50 bits per heavy atom. The zero-order chi connectivity index (χ0) is 24.5. The van der Waals surface area contributed by atoms with Gasteiger partial charge < -0.3 is 15.5 Å². The molecule has 0 radical (unpaired) electrons. The second kappa shape index (κ2) is 10.1. The first-order valence-electron chi connectivity index (χ1n) is 11.7. The molecule has 4 rings (SSSR count). The molecule has 0 saturated carbocycles. The number of rotatable bonds is 8. The maximum atomic E-state index is 13.3. The molecule has 1 atom stereocenters. The molecule has 2 N–H and O–H groups in total. The van der Waals surface area contributed by atoms with Crippen LogP contribution in [0.4, 0.5) is 15.8 Å². The lowest BCUT2D eigenvalue weighted by Gasteiger charge is -2.44. The summed E-state index contributed by atoms with van der Waals surface area (Å²) in [5.74, 6) is 0.132. The standard InChI is InChI=1S/C25H33FN4O3S/c1-17(2)13-29-8-9-30(34(31,32)22-15-33-16-22)14-25(29)23-11-19(12-27)24(10-18(23)3)28-21-6-4-20(26)5-7-21/h4-7,10-12,17,22,25,27-28H,8-9,13-16H2,1-3H3/t25-/m1/s1. The van der Waals surface area contributed by atoms with Gasteiger partial charge in [-0.05, 0) is 60.4 Å². The van der Waals surface area contributed by atoms with Gasteiger partial charge >= 0.3 is 0 Å². The summed E-state index contributed by atoms with van der Waals surface area (Å²) in [5, 5.41) is 10.8. The summed E-state index contributed by atoms with van der Waals surface area (Å²) in [7, 11) is -3.41. The SMILES string of the molecule is Cc1cc(Nc2ccc(F)cc2)c(C=N)cc1[C@H]1CN(S(=O)(=O)C2COC2)CCN1CC(C)C. The van der Waals surface area contributed by atoms with Gasteiger partial charge in [0.2, 0.25) is 10.0 Å². The Labute approximate surface area is 201 Å². The van der Waals surface area contributed by atoms with Crippen molar-refractivity contribution in [3.8, 4) is 0 Å². The highest BCUT2D eigenvalue weighted by Crippen LogP contribution is 2.34. The van der Waals surface area contributed by atoms with E-state index in [0.717, 1.165) is 29.0 Å². The van der Waals surface area contributed by atoms with Crippen LogP contribution < -0.4 is 5.32 Å². The first-order valence-corrected chi connectivity index (χ1v) is 13.2. The van der Waals surface area contributed by atoms with Gasteiger partial charge in [0.1, 0.15) is 11.1 Å². The maximum absolute atomic E-state index is 13.3. The summed E-state index contributed by atoms with van der Waals surface area (Å²) in [5.41, 5.74) is 4.22. The molecule has 2 fully saturated rings. The van der Waals surface area contributed by atoms with Crippen LogP contribution in [0, 0.1) is 24.1 Å². The predicted molar refractivity (Wildman–Crippen MR) is 133 cm³/mol. The molecule has 2 aromatic rings. The number of anilines is 2. The van der Waals surface area contributed by atoms with Crippen LogP contribution in [-0.2, 0) is 14.8 Å². The van der Waals surface area contributed by atoms with Crippen molar-refractivity contribution in [3.63, 3.8) is 0 Å². The fourth-order valence-electron chi connectivity index (χ4n) is 4.62. The number of hydrogen-bond acceptors (Lipinski definition) is 6. The number of hydrogen-bond donors (Lipinski definition) is 2. The van der Waals surface area contributed by atoms with Gasteiger partial charge in [0, 0.05) is 55.4 Å². The van der Waals surface area contributed by atoms with Gasteiger partial charge in [0.15, 0.2) is 0 Å². The highest BCUT2D eigenvalue weighted by Gasteiger charge is 2.41. The quantitative estimate of drug-likeness (QED) is 0.550. The molecule has 2 aliphatic heterocycles. The Bertz CT molecular complexity index is 1130. The average molecular weight is 489 g/mol. The zero-order valence-electron chi connectivity index (χ0n) is 19.9. The predicted octanol–water partition coefficient (Wildman–Crippen LogP) is 3.92. The number of ether oxygens (including phenoxy) is 1. The van der Waals surface area contributed by atoms with Crippen LogP contribution in [0.5, 0.6) is 0 Å². The number of benzene rings is 2. The molecule has 7 nitrogen and oxygen atoms in total. The number of sulfonamides is 1. The Kier molecular flexibility index (Phi) is 7.37. The van der Waals surface area contributed by atoms with Crippen molar-refractivity contribution in [1.82, 2.24) is 9.21 Å². The van der Waals surface area contributed by atoms with Gasteiger partial charge in [-0.1, -0.05) is 13.8 Å². The number of halogens is 1. The van der Waals surface area contributed by atoms with Crippen LogP contribution in [-0.4, -0.2) is 68.5 Å². The zero-order valence-corrected chi connectivity index (χ0v) is 20.7. The minimum atomic E-state index is -3.41. The molecule has 0 aliphatic carbocycles. The molecular formula is C25H33FN4O3S. The van der Waals surface area contributed by atoms with Crippen molar-refractivity contribution in [2.75, 3.05) is 44.7 Å². The van der Waals surface area contributed by atoms with Gasteiger partial charge in [0.25, 0.3) is 0 Å². The van der Waals surface area contributed by atoms with Crippen molar-refractivity contribution in [1.29, 1.82) is 5.41 Å². The van der Waals surface area contributed by atoms with E-state index in [2.05, 4.69) is 24.1 Å². The van der Waals surface area contributed by atoms with Crippen LogP contribution in [0.2, 0.25) is 0 Å². The molecule has 184 valence electrons. The van der Waals surface area contributed by atoms with E-state index in [1.165, 1.54) is 18.3 Å². The van der Waals surface area contributed by atoms with Gasteiger partial charge in [0.05, 0.1) is 13.2 Å². The third-order valence-corrected chi connectivity index (χ3v) is 8.68. The van der Waals surface area contributed by atoms with E-state index < -0.39 is 15.3 Å². The summed E-state index contributed by atoms with van der Waals surface area (Å²) in [4.78, 5) is 2.36. The van der Waals surface area contributed by atoms with E-state index in [1.807, 2.05) is 19.1 Å². The molecule has 2 aliphatic rings. The van der Waals surface area contributed by atoms with Crippen LogP contribution in [0.3, 0.4) is 0 Å². The number of piperazine rings is 1. The van der Waals surface area contributed by atoms with Gasteiger partial charge in [-0.2, -0.15) is 4.31 Å². The fourth-order valence-corrected chi connectivity index (χ4v) is 6.27. The summed E-state index contributed by atoms with van der Waals surface area (Å²) in [6, 6.07) is 9.96. The molecule has 0 spiro atoms. The number of nitrogens with zero attached hydrogens (tertiary/aromatic N) is 2. The molecular weight excluding hydrogens is 455 g/mol. The van der Waals surface area contributed by atoms with E-state index in [-0.39, 0.29) is 25.1 Å². The Morgan fingerprint density at radius 1 is 1.21 bits per heavy atom. The molecule has 0 aromatic heterocycles. The van der Waals surface area contributed by atoms with E-state index in [1.54, 1.807) is 16.4 Å². The van der Waals surface area contributed by atoms with Crippen LogP contribution >= 0.6 is 0 Å². The van der Waals surface area contributed by atoms with Gasteiger partial charge in [-0.3, -0.25) is 4.90 Å². The lowest BCUT2D eigenvalue weighted by atomic mass is 9.94. The summed E-state index contributed by atoms with van der Waals surface area (Å²) < 4.78 is 46.3. The largest absolute Gasteiger partial charge is 0.378 e. The first-order chi connectivity index (χ1) is 16.2. The van der Waals surface area contributed by atoms with E-state index in [9.17, 15) is 12.8 Å². The maximum Gasteiger partial charge on any atom is 0.221 e. The normalized spacial score (nSPS) is 20.3. The van der Waals surface area contributed by atoms with E-state index in [0.29, 0.717) is 31.1 Å². The molecule has 0 amide bonds. The van der Waals surface area contributed by atoms with Crippen molar-refractivity contribution in [2.45, 2.75) is 32.1 Å². The second-order valence-corrected chi connectivity index (χ2v) is 11.8. The van der Waals surface area contributed by atoms with Crippen LogP contribution in [0.1, 0.15) is 36.6 Å². The minimum Gasteiger partial charge on any atom is -0.378 e. The molecule has 2 aromatic carbocycles. The average Bonchev–Trinajstić information content (AvgIpc) is 2.74. The van der Waals surface area contributed by atoms with Gasteiger partial charge in [-0.25, -0.2) is 12.8 Å². The lowest BCUT2D eigenvalue weighted by molar-refractivity contribution is 0.0362. The Morgan fingerprint density at radius 2 is 1.91 bits per heavy atom. The van der Waals surface area contributed by atoms with Crippen molar-refractivity contribution in [2.24, 2.45) is 5.92 Å². The molecule has 2 heterocycles. The monoisotopic (exact) mass is 488 g/mol. The van der Waals surface area contributed by atoms with Crippen LogP contribution in [0.15, 0.2) is 36.4 Å². The molecule has 0 bridgehead atoms. The summed E-state index contributed by atoms with van der Waals surface area (Å²) in [6.07, 6.45) is 1.30. The van der Waals surface area contributed by atoms with Crippen LogP contribution in [0.25, 0.3) is 0 Å². The lowest BCUT2D eigenvalue weighted by Crippen LogP contribution is -2.56. The summed E-state index contributed by atoms with van der Waals surface area (Å²) in [6.45, 7) is 9.25. The molecule has 34 heavy (non-hydrogen) atoms. The van der Waals surface area contributed by atoms with E-state index in [4.69, 9.17) is 10.1 Å². The first kappa shape index (κ1) is 24.8. The third-order valence-electron chi connectivity index (χ3n) is 6.52. The number of nitrogens with one attached hydrogen (secondary N) is 2. The highest BCUT2D eigenvalue weighted by atomic mass is 32.2. The Balaban J connectivity index is 1.66. The smallest absolute Gasteiger partial charge is 0.221 e. The third kappa shape index (κ3) is 5.17. The fraction of sp³-hybridized carbons (Fsp3) is 0.480.